The van der Waals surface area contributed by atoms with Gasteiger partial charge < -0.3 is 4.57 Å². The predicted molar refractivity (Wildman–Crippen MR) is 118 cm³/mol. The zero-order chi connectivity index (χ0) is 20.7. The third-order valence-electron chi connectivity index (χ3n) is 5.49. The maximum absolute atomic E-state index is 13.2. The first kappa shape index (κ1) is 18.7. The van der Waals surface area contributed by atoms with Gasteiger partial charge in [0.25, 0.3) is 11.5 Å². The van der Waals surface area contributed by atoms with E-state index in [9.17, 15) is 9.59 Å². The molecule has 0 saturated heterocycles. The highest BCUT2D eigenvalue weighted by atomic mass is 32.1. The Morgan fingerprint density at radius 1 is 1.10 bits per heavy atom. The SMILES string of the molecule is Cc1nc2sccc2c(=O)n1NC(=O)c1nc(-c2ccccc2)n2c1CCCCC2. The number of thiophene rings is 1. The molecule has 1 aromatic carbocycles. The van der Waals surface area contributed by atoms with Crippen LogP contribution in [0.2, 0.25) is 0 Å². The van der Waals surface area contributed by atoms with Gasteiger partial charge in [0.1, 0.15) is 16.5 Å². The molecule has 4 aromatic rings. The number of carbonyl (C=O) groups excluding carboxylic acids is 1. The van der Waals surface area contributed by atoms with Crippen molar-refractivity contribution in [1.29, 1.82) is 0 Å². The van der Waals surface area contributed by atoms with Crippen molar-refractivity contribution < 1.29 is 4.79 Å². The number of rotatable bonds is 3. The Bertz CT molecular complexity index is 1300. The summed E-state index contributed by atoms with van der Waals surface area (Å²) in [6.45, 7) is 2.55. The van der Waals surface area contributed by atoms with Crippen molar-refractivity contribution in [2.24, 2.45) is 0 Å². The van der Waals surface area contributed by atoms with Crippen molar-refractivity contribution >= 4 is 27.5 Å². The summed E-state index contributed by atoms with van der Waals surface area (Å²) in [6, 6.07) is 11.6. The molecule has 0 bridgehead atoms. The lowest BCUT2D eigenvalue weighted by Crippen LogP contribution is -2.35. The lowest BCUT2D eigenvalue weighted by atomic mass is 10.1. The smallest absolute Gasteiger partial charge is 0.290 e. The first-order chi connectivity index (χ1) is 14.6. The van der Waals surface area contributed by atoms with Crippen LogP contribution in [0.3, 0.4) is 0 Å². The highest BCUT2D eigenvalue weighted by molar-refractivity contribution is 7.16. The number of nitrogens with zero attached hydrogens (tertiary/aromatic N) is 4. The van der Waals surface area contributed by atoms with Gasteiger partial charge in [0.15, 0.2) is 5.69 Å². The van der Waals surface area contributed by atoms with E-state index < -0.39 is 0 Å². The molecule has 0 fully saturated rings. The Labute approximate surface area is 177 Å². The van der Waals surface area contributed by atoms with Crippen LogP contribution < -0.4 is 11.0 Å². The van der Waals surface area contributed by atoms with Crippen molar-refractivity contribution in [3.63, 3.8) is 0 Å². The molecule has 152 valence electrons. The molecular formula is C22H21N5O2S. The molecule has 1 aliphatic rings. The molecule has 0 aliphatic carbocycles. The topological polar surface area (TPSA) is 81.8 Å². The van der Waals surface area contributed by atoms with Gasteiger partial charge in [-0.1, -0.05) is 36.8 Å². The standard InChI is InChI=1S/C22H21N5O2S/c1-14-23-21-16(11-13-30-21)22(29)27(14)25-20(28)18-17-10-6-3-7-12-26(17)19(24-18)15-8-4-2-5-9-15/h2,4-5,8-9,11,13H,3,6-7,10,12H2,1H3,(H,25,28). The molecular weight excluding hydrogens is 398 g/mol. The lowest BCUT2D eigenvalue weighted by molar-refractivity contribution is 0.100. The van der Waals surface area contributed by atoms with Crippen LogP contribution in [-0.4, -0.2) is 25.1 Å². The van der Waals surface area contributed by atoms with E-state index in [2.05, 4.69) is 15.0 Å². The molecule has 1 amide bonds. The van der Waals surface area contributed by atoms with Crippen LogP contribution in [0.15, 0.2) is 46.6 Å². The maximum atomic E-state index is 13.2. The lowest BCUT2D eigenvalue weighted by Gasteiger charge is -2.11. The molecule has 1 N–H and O–H groups in total. The Morgan fingerprint density at radius 3 is 2.77 bits per heavy atom. The summed E-state index contributed by atoms with van der Waals surface area (Å²) in [6.07, 6.45) is 3.98. The largest absolute Gasteiger partial charge is 0.327 e. The van der Waals surface area contributed by atoms with Crippen molar-refractivity contribution in [1.82, 2.24) is 19.2 Å². The van der Waals surface area contributed by atoms with E-state index >= 15 is 0 Å². The van der Waals surface area contributed by atoms with Crippen LogP contribution >= 0.6 is 11.3 Å². The first-order valence-electron chi connectivity index (χ1n) is 10.1. The summed E-state index contributed by atoms with van der Waals surface area (Å²) >= 11 is 1.41. The highest BCUT2D eigenvalue weighted by Crippen LogP contribution is 2.27. The van der Waals surface area contributed by atoms with E-state index in [1.54, 1.807) is 13.0 Å². The van der Waals surface area contributed by atoms with Crippen LogP contribution in [0.1, 0.15) is 41.3 Å². The maximum Gasteiger partial charge on any atom is 0.290 e. The zero-order valence-corrected chi connectivity index (χ0v) is 17.4. The van der Waals surface area contributed by atoms with E-state index in [0.29, 0.717) is 21.7 Å². The second-order valence-corrected chi connectivity index (χ2v) is 8.33. The van der Waals surface area contributed by atoms with Crippen molar-refractivity contribution in [2.45, 2.75) is 39.2 Å². The van der Waals surface area contributed by atoms with Crippen LogP contribution in [0.4, 0.5) is 0 Å². The van der Waals surface area contributed by atoms with Crippen molar-refractivity contribution in [3.8, 4) is 11.4 Å². The van der Waals surface area contributed by atoms with Gasteiger partial charge in [0.2, 0.25) is 0 Å². The average Bonchev–Trinajstić information content (AvgIpc) is 3.29. The summed E-state index contributed by atoms with van der Waals surface area (Å²) in [7, 11) is 0. The molecule has 30 heavy (non-hydrogen) atoms. The summed E-state index contributed by atoms with van der Waals surface area (Å²) in [5, 5.41) is 2.33. The molecule has 4 heterocycles. The van der Waals surface area contributed by atoms with Crippen LogP contribution in [0.25, 0.3) is 21.6 Å². The fraction of sp³-hybridized carbons (Fsp3) is 0.273. The van der Waals surface area contributed by atoms with Gasteiger partial charge in [0.05, 0.1) is 11.1 Å². The van der Waals surface area contributed by atoms with Crippen molar-refractivity contribution in [2.75, 3.05) is 5.43 Å². The molecule has 0 spiro atoms. The molecule has 0 unspecified atom stereocenters. The second kappa shape index (κ2) is 7.53. The summed E-state index contributed by atoms with van der Waals surface area (Å²) in [5.41, 5.74) is 4.76. The Balaban J connectivity index is 1.58. The highest BCUT2D eigenvalue weighted by Gasteiger charge is 2.25. The number of benzene rings is 1. The van der Waals surface area contributed by atoms with Crippen LogP contribution in [-0.2, 0) is 13.0 Å². The van der Waals surface area contributed by atoms with Gasteiger partial charge in [-0.2, -0.15) is 0 Å². The molecule has 0 saturated carbocycles. The number of hydrogen-bond donors (Lipinski definition) is 1. The quantitative estimate of drug-likeness (QED) is 0.548. The van der Waals surface area contributed by atoms with Gasteiger partial charge in [-0.3, -0.25) is 15.0 Å². The third kappa shape index (κ3) is 3.13. The van der Waals surface area contributed by atoms with Crippen molar-refractivity contribution in [3.05, 3.63) is 69.3 Å². The minimum Gasteiger partial charge on any atom is -0.327 e. The Kier molecular flexibility index (Phi) is 4.71. The van der Waals surface area contributed by atoms with E-state index in [1.807, 2.05) is 35.7 Å². The minimum atomic E-state index is -0.385. The zero-order valence-electron chi connectivity index (χ0n) is 16.6. The van der Waals surface area contributed by atoms with Gasteiger partial charge in [-0.25, -0.2) is 14.6 Å². The summed E-state index contributed by atoms with van der Waals surface area (Å²) in [5.74, 6) is 0.856. The summed E-state index contributed by atoms with van der Waals surface area (Å²) in [4.78, 5) is 35.9. The fourth-order valence-corrected chi connectivity index (χ4v) is 4.81. The number of hydrogen-bond acceptors (Lipinski definition) is 5. The van der Waals surface area contributed by atoms with Gasteiger partial charge in [0, 0.05) is 12.1 Å². The van der Waals surface area contributed by atoms with E-state index in [4.69, 9.17) is 4.98 Å². The fourth-order valence-electron chi connectivity index (χ4n) is 4.01. The van der Waals surface area contributed by atoms with Gasteiger partial charge in [-0.05, 0) is 37.6 Å². The van der Waals surface area contributed by atoms with Crippen LogP contribution in [0.5, 0.6) is 0 Å². The van der Waals surface area contributed by atoms with Crippen LogP contribution in [0, 0.1) is 6.92 Å². The molecule has 7 nitrogen and oxygen atoms in total. The monoisotopic (exact) mass is 419 g/mol. The number of carbonyl (C=O) groups is 1. The summed E-state index contributed by atoms with van der Waals surface area (Å²) < 4.78 is 3.38. The molecule has 0 radical (unpaired) electrons. The second-order valence-electron chi connectivity index (χ2n) is 7.44. The third-order valence-corrected chi connectivity index (χ3v) is 6.30. The molecule has 5 rings (SSSR count). The predicted octanol–water partition coefficient (Wildman–Crippen LogP) is 3.74. The van der Waals surface area contributed by atoms with E-state index in [0.717, 1.165) is 49.3 Å². The minimum absolute atomic E-state index is 0.277. The van der Waals surface area contributed by atoms with E-state index in [1.165, 1.54) is 16.0 Å². The number of aromatic nitrogens is 4. The van der Waals surface area contributed by atoms with E-state index in [-0.39, 0.29) is 11.5 Å². The first-order valence-corrected chi connectivity index (χ1v) is 10.9. The number of aryl methyl sites for hydroxylation is 1. The normalized spacial score (nSPS) is 13.8. The molecule has 1 aliphatic heterocycles. The Morgan fingerprint density at radius 2 is 1.93 bits per heavy atom. The molecule has 3 aromatic heterocycles. The number of fused-ring (bicyclic) bond motifs is 2. The Hall–Kier alpha value is -3.26. The molecule has 0 atom stereocenters. The van der Waals surface area contributed by atoms with Gasteiger partial charge in [-0.15, -0.1) is 11.3 Å². The average molecular weight is 420 g/mol. The van der Waals surface area contributed by atoms with Gasteiger partial charge >= 0.3 is 0 Å². The number of imidazole rings is 1. The molecule has 8 heteroatoms. The number of nitrogens with one attached hydrogen (secondary N) is 1. The number of amides is 1.